The molecule has 0 aliphatic heterocycles. The molecule has 0 fully saturated rings. The Bertz CT molecular complexity index is 381. The van der Waals surface area contributed by atoms with Gasteiger partial charge in [0.05, 0.1) is 17.0 Å². The van der Waals surface area contributed by atoms with Crippen LogP contribution in [0.3, 0.4) is 0 Å². The highest BCUT2D eigenvalue weighted by Crippen LogP contribution is 2.34. The van der Waals surface area contributed by atoms with Crippen LogP contribution in [0.15, 0.2) is 16.7 Å². The zero-order chi connectivity index (χ0) is 10.8. The Morgan fingerprint density at radius 1 is 1.50 bits per heavy atom. The van der Waals surface area contributed by atoms with Crippen molar-refractivity contribution < 1.29 is 13.2 Å². The maximum Gasteiger partial charge on any atom is 0.434 e. The van der Waals surface area contributed by atoms with Crippen LogP contribution in [0.1, 0.15) is 11.3 Å². The number of alkyl halides is 3. The first-order valence-corrected chi connectivity index (χ1v) is 4.33. The van der Waals surface area contributed by atoms with Crippen molar-refractivity contribution in [2.24, 2.45) is 0 Å². The summed E-state index contributed by atoms with van der Waals surface area (Å²) in [6.07, 6.45) is -3.53. The summed E-state index contributed by atoms with van der Waals surface area (Å²) in [6.45, 7) is 0. The Morgan fingerprint density at radius 3 is 2.64 bits per heavy atom. The minimum atomic E-state index is -4.50. The Kier molecular flexibility index (Phi) is 3.11. The molecule has 1 aromatic heterocycles. The summed E-state index contributed by atoms with van der Waals surface area (Å²) >= 11 is 2.78. The van der Waals surface area contributed by atoms with E-state index in [1.54, 1.807) is 6.07 Å². The summed E-state index contributed by atoms with van der Waals surface area (Å²) < 4.78 is 36.7. The van der Waals surface area contributed by atoms with Crippen molar-refractivity contribution in [1.82, 2.24) is 4.98 Å². The van der Waals surface area contributed by atoms with Gasteiger partial charge in [0.1, 0.15) is 0 Å². The first-order chi connectivity index (χ1) is 6.46. The first kappa shape index (κ1) is 11.0. The molecule has 0 bridgehead atoms. The molecular formula is C8H4BrF3N2. The predicted molar refractivity (Wildman–Crippen MR) is 46.3 cm³/mol. The van der Waals surface area contributed by atoms with E-state index in [1.165, 1.54) is 6.07 Å². The van der Waals surface area contributed by atoms with Crippen molar-refractivity contribution in [3.8, 4) is 6.07 Å². The van der Waals surface area contributed by atoms with E-state index in [-0.39, 0.29) is 16.5 Å². The van der Waals surface area contributed by atoms with E-state index in [4.69, 9.17) is 5.26 Å². The fourth-order valence-corrected chi connectivity index (χ4v) is 1.50. The molecule has 1 aromatic rings. The summed E-state index contributed by atoms with van der Waals surface area (Å²) in [5.41, 5.74) is -0.708. The number of nitrogens with zero attached hydrogens (tertiary/aromatic N) is 2. The van der Waals surface area contributed by atoms with Crippen LogP contribution in [-0.4, -0.2) is 4.98 Å². The molecule has 0 atom stereocenters. The van der Waals surface area contributed by atoms with Gasteiger partial charge in [-0.15, -0.1) is 0 Å². The van der Waals surface area contributed by atoms with Crippen LogP contribution < -0.4 is 0 Å². The molecule has 0 spiro atoms. The predicted octanol–water partition coefficient (Wildman–Crippen LogP) is 2.93. The highest BCUT2D eigenvalue weighted by molar-refractivity contribution is 9.10. The van der Waals surface area contributed by atoms with Crippen LogP contribution >= 0.6 is 15.9 Å². The van der Waals surface area contributed by atoms with Gasteiger partial charge in [-0.25, -0.2) is 0 Å². The molecule has 0 saturated heterocycles. The van der Waals surface area contributed by atoms with Crippen LogP contribution in [0.2, 0.25) is 0 Å². The van der Waals surface area contributed by atoms with Gasteiger partial charge in [-0.2, -0.15) is 18.4 Å². The average molecular weight is 265 g/mol. The molecule has 14 heavy (non-hydrogen) atoms. The molecule has 74 valence electrons. The number of nitriles is 1. The fraction of sp³-hybridized carbons (Fsp3) is 0.250. The number of hydrogen-bond acceptors (Lipinski definition) is 2. The molecule has 1 heterocycles. The Labute approximate surface area is 86.5 Å². The SMILES string of the molecule is N#CCc1ccnc(C(F)(F)F)c1Br. The van der Waals surface area contributed by atoms with E-state index < -0.39 is 11.9 Å². The maximum atomic E-state index is 12.3. The lowest BCUT2D eigenvalue weighted by atomic mass is 10.2. The molecule has 0 radical (unpaired) electrons. The van der Waals surface area contributed by atoms with E-state index >= 15 is 0 Å². The van der Waals surface area contributed by atoms with Gasteiger partial charge in [-0.3, -0.25) is 4.98 Å². The average Bonchev–Trinajstić information content (AvgIpc) is 2.07. The van der Waals surface area contributed by atoms with Gasteiger partial charge in [-0.05, 0) is 27.6 Å². The topological polar surface area (TPSA) is 36.7 Å². The van der Waals surface area contributed by atoms with Crippen molar-refractivity contribution in [2.45, 2.75) is 12.6 Å². The number of rotatable bonds is 1. The van der Waals surface area contributed by atoms with Gasteiger partial charge in [-0.1, -0.05) is 0 Å². The third-order valence-corrected chi connectivity index (χ3v) is 2.39. The molecule has 0 aliphatic rings. The second-order valence-electron chi connectivity index (χ2n) is 2.47. The molecule has 1 rings (SSSR count). The summed E-state index contributed by atoms with van der Waals surface area (Å²) in [5.74, 6) is 0. The molecular weight excluding hydrogens is 261 g/mol. The molecule has 0 unspecified atom stereocenters. The van der Waals surface area contributed by atoms with Crippen molar-refractivity contribution in [3.63, 3.8) is 0 Å². The highest BCUT2D eigenvalue weighted by Gasteiger charge is 2.35. The highest BCUT2D eigenvalue weighted by atomic mass is 79.9. The lowest BCUT2D eigenvalue weighted by Crippen LogP contribution is -2.10. The normalized spacial score (nSPS) is 11.1. The molecule has 0 aromatic carbocycles. The van der Waals surface area contributed by atoms with Crippen LogP contribution in [0, 0.1) is 11.3 Å². The third kappa shape index (κ3) is 2.23. The maximum absolute atomic E-state index is 12.3. The largest absolute Gasteiger partial charge is 0.434 e. The van der Waals surface area contributed by atoms with Crippen LogP contribution in [0.25, 0.3) is 0 Å². The number of pyridine rings is 1. The second kappa shape index (κ2) is 3.96. The summed E-state index contributed by atoms with van der Waals surface area (Å²) in [7, 11) is 0. The summed E-state index contributed by atoms with van der Waals surface area (Å²) in [6, 6.07) is 3.16. The van der Waals surface area contributed by atoms with Gasteiger partial charge in [0, 0.05) is 6.20 Å². The number of hydrogen-bond donors (Lipinski definition) is 0. The quantitative estimate of drug-likeness (QED) is 0.782. The lowest BCUT2D eigenvalue weighted by molar-refractivity contribution is -0.141. The van der Waals surface area contributed by atoms with Crippen molar-refractivity contribution in [3.05, 3.63) is 28.0 Å². The van der Waals surface area contributed by atoms with Gasteiger partial charge >= 0.3 is 6.18 Å². The van der Waals surface area contributed by atoms with Gasteiger partial charge in [0.25, 0.3) is 0 Å². The lowest BCUT2D eigenvalue weighted by Gasteiger charge is -2.09. The van der Waals surface area contributed by atoms with E-state index in [1.807, 2.05) is 0 Å². The van der Waals surface area contributed by atoms with Crippen LogP contribution in [0.4, 0.5) is 13.2 Å². The molecule has 0 aliphatic carbocycles. The number of halogens is 4. The van der Waals surface area contributed by atoms with Crippen molar-refractivity contribution >= 4 is 15.9 Å². The van der Waals surface area contributed by atoms with E-state index in [2.05, 4.69) is 20.9 Å². The van der Waals surface area contributed by atoms with E-state index in [0.717, 1.165) is 6.20 Å². The standard InChI is InChI=1S/C8H4BrF3N2/c9-6-5(1-3-13)2-4-14-7(6)8(10,11)12/h2,4H,1H2. The Hall–Kier alpha value is -1.09. The van der Waals surface area contributed by atoms with Crippen molar-refractivity contribution in [1.29, 1.82) is 5.26 Å². The summed E-state index contributed by atoms with van der Waals surface area (Å²) in [4.78, 5) is 3.21. The van der Waals surface area contributed by atoms with Gasteiger partial charge in [0.15, 0.2) is 5.69 Å². The fourth-order valence-electron chi connectivity index (χ4n) is 0.903. The monoisotopic (exact) mass is 264 g/mol. The molecule has 0 amide bonds. The van der Waals surface area contributed by atoms with Crippen LogP contribution in [-0.2, 0) is 12.6 Å². The minimum Gasteiger partial charge on any atom is -0.251 e. The molecule has 2 nitrogen and oxygen atoms in total. The smallest absolute Gasteiger partial charge is 0.251 e. The van der Waals surface area contributed by atoms with E-state index in [9.17, 15) is 13.2 Å². The van der Waals surface area contributed by atoms with E-state index in [0.29, 0.717) is 0 Å². The molecule has 0 saturated carbocycles. The van der Waals surface area contributed by atoms with Crippen molar-refractivity contribution in [2.75, 3.05) is 0 Å². The Morgan fingerprint density at radius 2 is 2.14 bits per heavy atom. The first-order valence-electron chi connectivity index (χ1n) is 3.54. The number of aromatic nitrogens is 1. The molecule has 6 heteroatoms. The Balaban J connectivity index is 3.22. The van der Waals surface area contributed by atoms with Gasteiger partial charge in [0.2, 0.25) is 0 Å². The van der Waals surface area contributed by atoms with Crippen LogP contribution in [0.5, 0.6) is 0 Å². The van der Waals surface area contributed by atoms with Gasteiger partial charge < -0.3 is 0 Å². The zero-order valence-electron chi connectivity index (χ0n) is 6.77. The second-order valence-corrected chi connectivity index (χ2v) is 3.26. The summed E-state index contributed by atoms with van der Waals surface area (Å²) in [5, 5.41) is 8.37. The minimum absolute atomic E-state index is 0.0772. The zero-order valence-corrected chi connectivity index (χ0v) is 8.35. The third-order valence-electron chi connectivity index (χ3n) is 1.51. The molecule has 0 N–H and O–H groups in total.